The number of hydrogen-bond donors (Lipinski definition) is 4. The molecule has 0 saturated carbocycles. The average Bonchev–Trinajstić information content (AvgIpc) is 2.77. The lowest BCUT2D eigenvalue weighted by molar-refractivity contribution is -0.344. The lowest BCUT2D eigenvalue weighted by atomic mass is 9.63. The van der Waals surface area contributed by atoms with Gasteiger partial charge >= 0.3 is 5.97 Å². The normalized spacial score (nSPS) is 21.3. The van der Waals surface area contributed by atoms with E-state index in [1.165, 1.54) is 76.7 Å². The molecule has 0 aromatic rings. The molecule has 224 valence electrons. The highest BCUT2D eigenvalue weighted by molar-refractivity contribution is 5.69. The Bertz CT molecular complexity index is 710. The molecule has 1 rings (SSSR count). The van der Waals surface area contributed by atoms with E-state index in [1.54, 1.807) is 0 Å². The zero-order valence-corrected chi connectivity index (χ0v) is 25.7. The minimum absolute atomic E-state index is 0.107. The van der Waals surface area contributed by atoms with Gasteiger partial charge < -0.3 is 25.2 Å². The number of rotatable bonds is 17. The molecule has 2 unspecified atom stereocenters. The first kappa shape index (κ1) is 35.1. The molecule has 6 nitrogen and oxygen atoms in total. The summed E-state index contributed by atoms with van der Waals surface area (Å²) in [4.78, 5) is 12.6. The molecule has 4 N–H and O–H groups in total. The molecular weight excluding hydrogens is 480 g/mol. The van der Waals surface area contributed by atoms with Crippen LogP contribution >= 0.6 is 0 Å². The lowest BCUT2D eigenvalue weighted by Gasteiger charge is -2.52. The van der Waals surface area contributed by atoms with Crippen molar-refractivity contribution in [3.8, 4) is 0 Å². The van der Waals surface area contributed by atoms with Crippen molar-refractivity contribution in [3.05, 3.63) is 11.6 Å². The summed E-state index contributed by atoms with van der Waals surface area (Å²) in [7, 11) is 0. The van der Waals surface area contributed by atoms with Gasteiger partial charge in [0.2, 0.25) is 17.7 Å². The first-order chi connectivity index (χ1) is 17.6. The molecule has 0 saturated heterocycles. The molecule has 0 fully saturated rings. The molecule has 0 aliphatic heterocycles. The minimum atomic E-state index is -2.69. The highest BCUT2D eigenvalue weighted by atomic mass is 16.6. The summed E-state index contributed by atoms with van der Waals surface area (Å²) in [6, 6.07) is 0. The average molecular weight is 541 g/mol. The van der Waals surface area contributed by atoms with Gasteiger partial charge in [0, 0.05) is 12.3 Å². The van der Waals surface area contributed by atoms with Crippen LogP contribution in [0.15, 0.2) is 11.6 Å². The summed E-state index contributed by atoms with van der Waals surface area (Å²) in [5.74, 6) is -6.82. The van der Waals surface area contributed by atoms with E-state index in [4.69, 9.17) is 4.74 Å². The Morgan fingerprint density at radius 1 is 0.737 bits per heavy atom. The molecule has 0 heterocycles. The van der Waals surface area contributed by atoms with Gasteiger partial charge in [0.25, 0.3) is 0 Å². The highest BCUT2D eigenvalue weighted by Gasteiger charge is 2.63. The van der Waals surface area contributed by atoms with Crippen LogP contribution in [0.2, 0.25) is 0 Å². The van der Waals surface area contributed by atoms with Crippen LogP contribution in [-0.4, -0.2) is 44.1 Å². The first-order valence-electron chi connectivity index (χ1n) is 15.4. The second-order valence-electron chi connectivity index (χ2n) is 13.8. The van der Waals surface area contributed by atoms with E-state index < -0.39 is 40.4 Å². The summed E-state index contributed by atoms with van der Waals surface area (Å²) < 4.78 is 5.41. The summed E-state index contributed by atoms with van der Waals surface area (Å²) >= 11 is 0. The minimum Gasteiger partial charge on any atom is -0.450 e. The first-order valence-corrected chi connectivity index (χ1v) is 15.4. The van der Waals surface area contributed by atoms with Crippen molar-refractivity contribution < 1.29 is 30.0 Å². The van der Waals surface area contributed by atoms with Crippen LogP contribution in [0.1, 0.15) is 151 Å². The van der Waals surface area contributed by atoms with E-state index >= 15 is 0 Å². The molecule has 1 aliphatic carbocycles. The molecule has 0 spiro atoms. The van der Waals surface area contributed by atoms with Crippen molar-refractivity contribution in [3.63, 3.8) is 0 Å². The van der Waals surface area contributed by atoms with Crippen LogP contribution in [-0.2, 0) is 9.53 Å². The van der Waals surface area contributed by atoms with Crippen LogP contribution < -0.4 is 0 Å². The maximum atomic E-state index is 12.6. The van der Waals surface area contributed by atoms with E-state index in [0.717, 1.165) is 19.3 Å². The van der Waals surface area contributed by atoms with E-state index in [-0.39, 0.29) is 12.0 Å². The topological polar surface area (TPSA) is 107 Å². The fourth-order valence-corrected chi connectivity index (χ4v) is 5.70. The SMILES string of the molecule is CCCCCCCCCCCCCCCCCC(=O)OC1C(O)(O)C(C(C)(C)C)=CC(C(C)(C)C)C1(O)O. The van der Waals surface area contributed by atoms with Crippen molar-refractivity contribution in [1.29, 1.82) is 0 Å². The third-order valence-corrected chi connectivity index (χ3v) is 7.91. The Kier molecular flexibility index (Phi) is 14.5. The van der Waals surface area contributed by atoms with Gasteiger partial charge in [-0.3, -0.25) is 4.79 Å². The largest absolute Gasteiger partial charge is 0.450 e. The number of unbranched alkanes of at least 4 members (excludes halogenated alkanes) is 14. The van der Waals surface area contributed by atoms with E-state index in [0.29, 0.717) is 6.42 Å². The molecule has 0 aromatic heterocycles. The fraction of sp³-hybridized carbons (Fsp3) is 0.906. The Morgan fingerprint density at radius 2 is 1.13 bits per heavy atom. The molecule has 0 radical (unpaired) electrons. The van der Waals surface area contributed by atoms with Crippen molar-refractivity contribution in [2.75, 3.05) is 0 Å². The van der Waals surface area contributed by atoms with Gasteiger partial charge in [-0.15, -0.1) is 0 Å². The van der Waals surface area contributed by atoms with Gasteiger partial charge in [-0.2, -0.15) is 0 Å². The summed E-state index contributed by atoms with van der Waals surface area (Å²) in [5, 5.41) is 44.0. The fourth-order valence-electron chi connectivity index (χ4n) is 5.70. The monoisotopic (exact) mass is 540 g/mol. The number of aliphatic hydroxyl groups is 4. The van der Waals surface area contributed by atoms with Crippen molar-refractivity contribution in [2.45, 2.75) is 169 Å². The maximum Gasteiger partial charge on any atom is 0.306 e. The van der Waals surface area contributed by atoms with E-state index in [1.807, 2.05) is 41.5 Å². The molecule has 1 aliphatic rings. The van der Waals surface area contributed by atoms with Gasteiger partial charge in [0.05, 0.1) is 0 Å². The summed E-state index contributed by atoms with van der Waals surface area (Å²) in [5.41, 5.74) is -1.08. The highest BCUT2D eigenvalue weighted by Crippen LogP contribution is 2.50. The standard InChI is InChI=1S/C32H60O6/c1-8-9-10-11-12-13-14-15-16-17-18-19-20-21-22-23-27(33)38-28-31(34,35)25(29(2,3)4)24-26(30(5,6)7)32(28,36)37/h24-25,28,34-37H,8-23H2,1-7H3. The van der Waals surface area contributed by atoms with Crippen LogP contribution in [0.3, 0.4) is 0 Å². The molecule has 0 bridgehead atoms. The van der Waals surface area contributed by atoms with Crippen molar-refractivity contribution in [1.82, 2.24) is 0 Å². The number of carbonyl (C=O) groups is 1. The Balaban J connectivity index is 2.41. The quantitative estimate of drug-likeness (QED) is 0.0674. The Labute approximate surface area is 233 Å². The van der Waals surface area contributed by atoms with Crippen LogP contribution in [0.4, 0.5) is 0 Å². The number of ether oxygens (including phenoxy) is 1. The zero-order valence-electron chi connectivity index (χ0n) is 25.7. The predicted molar refractivity (Wildman–Crippen MR) is 154 cm³/mol. The molecule has 38 heavy (non-hydrogen) atoms. The van der Waals surface area contributed by atoms with Gasteiger partial charge in [0.1, 0.15) is 0 Å². The smallest absolute Gasteiger partial charge is 0.306 e. The third-order valence-electron chi connectivity index (χ3n) is 7.91. The van der Waals surface area contributed by atoms with Crippen molar-refractivity contribution >= 4 is 5.97 Å². The van der Waals surface area contributed by atoms with E-state index in [9.17, 15) is 25.2 Å². The Morgan fingerprint density at radius 3 is 1.50 bits per heavy atom. The zero-order chi connectivity index (χ0) is 29.0. The third kappa shape index (κ3) is 11.3. The summed E-state index contributed by atoms with van der Waals surface area (Å²) in [6.45, 7) is 13.2. The van der Waals surface area contributed by atoms with Gasteiger partial charge in [-0.25, -0.2) is 0 Å². The second kappa shape index (κ2) is 15.7. The van der Waals surface area contributed by atoms with Gasteiger partial charge in [0.15, 0.2) is 0 Å². The maximum absolute atomic E-state index is 12.6. The molecular formula is C32H60O6. The molecule has 6 heteroatoms. The second-order valence-corrected chi connectivity index (χ2v) is 13.8. The van der Waals surface area contributed by atoms with Crippen molar-refractivity contribution in [2.24, 2.45) is 16.7 Å². The van der Waals surface area contributed by atoms with Crippen LogP contribution in [0.25, 0.3) is 0 Å². The molecule has 0 amide bonds. The number of hydrogen-bond acceptors (Lipinski definition) is 6. The van der Waals surface area contributed by atoms with Crippen LogP contribution in [0, 0.1) is 16.7 Å². The predicted octanol–water partition coefficient (Wildman–Crippen LogP) is 7.17. The lowest BCUT2D eigenvalue weighted by Crippen LogP contribution is -2.67. The number of esters is 1. The summed E-state index contributed by atoms with van der Waals surface area (Å²) in [6.07, 6.45) is 18.1. The molecule has 2 atom stereocenters. The van der Waals surface area contributed by atoms with E-state index in [2.05, 4.69) is 6.92 Å². The van der Waals surface area contributed by atoms with Gasteiger partial charge in [-0.1, -0.05) is 144 Å². The molecule has 0 aromatic carbocycles. The number of carbonyl (C=O) groups excluding carboxylic acids is 1. The Hall–Kier alpha value is -0.950. The van der Waals surface area contributed by atoms with Crippen LogP contribution in [0.5, 0.6) is 0 Å². The van der Waals surface area contributed by atoms with Gasteiger partial charge in [-0.05, 0) is 22.8 Å².